The van der Waals surface area contributed by atoms with Crippen LogP contribution in [0.15, 0.2) is 59.8 Å². The predicted octanol–water partition coefficient (Wildman–Crippen LogP) is 4.10. The molecule has 0 bridgehead atoms. The summed E-state index contributed by atoms with van der Waals surface area (Å²) in [5, 5.41) is 9.60. The van der Waals surface area contributed by atoms with Gasteiger partial charge in [0.2, 0.25) is 5.91 Å². The standard InChI is InChI=1S/C25H31N5OS/c1-3-30-24(22-12-7-9-20(2)17-22)26-27-25(30)32-19-23(31)29-14-8-13-28(15-16-29)18-21-10-5-4-6-11-21/h4-7,9-12,17H,3,8,13-16,18-19H2,1-2H3. The van der Waals surface area contributed by atoms with Crippen LogP contribution in [0.2, 0.25) is 0 Å². The maximum atomic E-state index is 12.9. The third kappa shape index (κ3) is 5.58. The van der Waals surface area contributed by atoms with Crippen molar-refractivity contribution in [2.75, 3.05) is 31.9 Å². The van der Waals surface area contributed by atoms with Crippen molar-refractivity contribution in [2.45, 2.75) is 38.5 Å². The van der Waals surface area contributed by atoms with Crippen molar-refractivity contribution in [3.8, 4) is 11.4 Å². The van der Waals surface area contributed by atoms with E-state index in [9.17, 15) is 4.79 Å². The van der Waals surface area contributed by atoms with Crippen LogP contribution in [0.3, 0.4) is 0 Å². The summed E-state index contributed by atoms with van der Waals surface area (Å²) in [6.07, 6.45) is 1.01. The molecule has 6 nitrogen and oxygen atoms in total. The highest BCUT2D eigenvalue weighted by atomic mass is 32.2. The van der Waals surface area contributed by atoms with E-state index in [1.54, 1.807) is 0 Å². The lowest BCUT2D eigenvalue weighted by atomic mass is 10.1. The topological polar surface area (TPSA) is 54.3 Å². The first-order valence-corrected chi connectivity index (χ1v) is 12.3. The van der Waals surface area contributed by atoms with Crippen LogP contribution in [0.1, 0.15) is 24.5 Å². The van der Waals surface area contributed by atoms with E-state index in [1.165, 1.54) is 22.9 Å². The van der Waals surface area contributed by atoms with E-state index in [1.807, 2.05) is 17.0 Å². The maximum Gasteiger partial charge on any atom is 0.233 e. The molecule has 1 aromatic heterocycles. The van der Waals surface area contributed by atoms with Gasteiger partial charge in [0.05, 0.1) is 5.75 Å². The summed E-state index contributed by atoms with van der Waals surface area (Å²) in [5.74, 6) is 1.43. The van der Waals surface area contributed by atoms with Crippen LogP contribution in [0.5, 0.6) is 0 Å². The number of aryl methyl sites for hydroxylation is 1. The van der Waals surface area contributed by atoms with Crippen LogP contribution in [0.25, 0.3) is 11.4 Å². The van der Waals surface area contributed by atoms with Gasteiger partial charge in [0, 0.05) is 44.8 Å². The van der Waals surface area contributed by atoms with Gasteiger partial charge in [-0.3, -0.25) is 9.69 Å². The van der Waals surface area contributed by atoms with Crippen molar-refractivity contribution in [3.05, 3.63) is 65.7 Å². The van der Waals surface area contributed by atoms with Gasteiger partial charge in [-0.05, 0) is 31.9 Å². The quantitative estimate of drug-likeness (QED) is 0.509. The average molecular weight is 450 g/mol. The smallest absolute Gasteiger partial charge is 0.233 e. The van der Waals surface area contributed by atoms with E-state index >= 15 is 0 Å². The number of carbonyl (C=O) groups is 1. The van der Waals surface area contributed by atoms with Gasteiger partial charge in [0.15, 0.2) is 11.0 Å². The van der Waals surface area contributed by atoms with Gasteiger partial charge in [0.25, 0.3) is 0 Å². The normalized spacial score (nSPS) is 15.0. The third-order valence-electron chi connectivity index (χ3n) is 5.82. The summed E-state index contributed by atoms with van der Waals surface area (Å²) in [5.41, 5.74) is 3.58. The number of aromatic nitrogens is 3. The fourth-order valence-electron chi connectivity index (χ4n) is 4.12. The molecule has 0 saturated carbocycles. The van der Waals surface area contributed by atoms with Crippen LogP contribution in [0.4, 0.5) is 0 Å². The van der Waals surface area contributed by atoms with Crippen LogP contribution >= 0.6 is 11.8 Å². The Balaban J connectivity index is 1.34. The van der Waals surface area contributed by atoms with Gasteiger partial charge in [0.1, 0.15) is 0 Å². The molecule has 0 aliphatic carbocycles. The first-order chi connectivity index (χ1) is 15.6. The number of carbonyl (C=O) groups excluding carboxylic acids is 1. The van der Waals surface area contributed by atoms with Crippen molar-refractivity contribution in [1.82, 2.24) is 24.6 Å². The molecular weight excluding hydrogens is 418 g/mol. The number of benzene rings is 2. The Bertz CT molecular complexity index is 1040. The Morgan fingerprint density at radius 3 is 2.62 bits per heavy atom. The molecule has 4 rings (SSSR count). The summed E-state index contributed by atoms with van der Waals surface area (Å²) in [7, 11) is 0. The van der Waals surface area contributed by atoms with Crippen molar-refractivity contribution < 1.29 is 4.79 Å². The predicted molar refractivity (Wildman–Crippen MR) is 130 cm³/mol. The largest absolute Gasteiger partial charge is 0.341 e. The van der Waals surface area contributed by atoms with Gasteiger partial charge < -0.3 is 9.47 Å². The average Bonchev–Trinajstić information content (AvgIpc) is 3.08. The molecule has 1 fully saturated rings. The highest BCUT2D eigenvalue weighted by molar-refractivity contribution is 7.99. The number of rotatable bonds is 7. The summed E-state index contributed by atoms with van der Waals surface area (Å²) < 4.78 is 2.09. The maximum absolute atomic E-state index is 12.9. The fraction of sp³-hybridized carbons (Fsp3) is 0.400. The van der Waals surface area contributed by atoms with Crippen LogP contribution in [0, 0.1) is 6.92 Å². The second-order valence-electron chi connectivity index (χ2n) is 8.20. The molecule has 2 aromatic carbocycles. The highest BCUT2D eigenvalue weighted by Crippen LogP contribution is 2.25. The third-order valence-corrected chi connectivity index (χ3v) is 6.78. The van der Waals surface area contributed by atoms with Crippen molar-refractivity contribution in [3.63, 3.8) is 0 Å². The second-order valence-corrected chi connectivity index (χ2v) is 9.15. The van der Waals surface area contributed by atoms with Crippen molar-refractivity contribution >= 4 is 17.7 Å². The Hall–Kier alpha value is -2.64. The van der Waals surface area contributed by atoms with Gasteiger partial charge >= 0.3 is 0 Å². The first kappa shape index (κ1) is 22.6. The zero-order chi connectivity index (χ0) is 22.3. The number of amides is 1. The molecule has 0 unspecified atom stereocenters. The zero-order valence-corrected chi connectivity index (χ0v) is 19.7. The van der Waals surface area contributed by atoms with Gasteiger partial charge in [-0.15, -0.1) is 10.2 Å². The summed E-state index contributed by atoms with van der Waals surface area (Å²) in [6, 6.07) is 18.8. The first-order valence-electron chi connectivity index (χ1n) is 11.3. The van der Waals surface area contributed by atoms with Gasteiger partial charge in [-0.25, -0.2) is 0 Å². The van der Waals surface area contributed by atoms with E-state index in [4.69, 9.17) is 0 Å². The van der Waals surface area contributed by atoms with Crippen molar-refractivity contribution in [2.24, 2.45) is 0 Å². The van der Waals surface area contributed by atoms with E-state index in [0.717, 1.165) is 62.2 Å². The van der Waals surface area contributed by atoms with E-state index < -0.39 is 0 Å². The molecule has 7 heteroatoms. The van der Waals surface area contributed by atoms with Gasteiger partial charge in [-0.2, -0.15) is 0 Å². The summed E-state index contributed by atoms with van der Waals surface area (Å²) in [4.78, 5) is 17.4. The molecular formula is C25H31N5OS. The minimum Gasteiger partial charge on any atom is -0.341 e. The Kier molecular flexibility index (Phi) is 7.60. The molecule has 1 saturated heterocycles. The lowest BCUT2D eigenvalue weighted by Crippen LogP contribution is -2.36. The minimum absolute atomic E-state index is 0.180. The Labute approximate surface area is 194 Å². The number of nitrogens with zero attached hydrogens (tertiary/aromatic N) is 5. The highest BCUT2D eigenvalue weighted by Gasteiger charge is 2.21. The summed E-state index contributed by atoms with van der Waals surface area (Å²) in [6.45, 7) is 9.41. The zero-order valence-electron chi connectivity index (χ0n) is 18.9. The molecule has 1 amide bonds. The molecule has 0 radical (unpaired) electrons. The lowest BCUT2D eigenvalue weighted by Gasteiger charge is -2.22. The molecule has 32 heavy (non-hydrogen) atoms. The number of thioether (sulfide) groups is 1. The van der Waals surface area contributed by atoms with Crippen LogP contribution < -0.4 is 0 Å². The molecule has 0 spiro atoms. The molecule has 2 heterocycles. The number of hydrogen-bond donors (Lipinski definition) is 0. The molecule has 1 aliphatic rings. The summed E-state index contributed by atoms with van der Waals surface area (Å²) >= 11 is 1.49. The second kappa shape index (κ2) is 10.8. The molecule has 1 aliphatic heterocycles. The van der Waals surface area contributed by atoms with Crippen LogP contribution in [-0.4, -0.2) is 62.4 Å². The van der Waals surface area contributed by atoms with E-state index in [-0.39, 0.29) is 5.91 Å². The monoisotopic (exact) mass is 449 g/mol. The fourth-order valence-corrected chi connectivity index (χ4v) is 5.02. The van der Waals surface area contributed by atoms with Gasteiger partial charge in [-0.1, -0.05) is 65.9 Å². The molecule has 0 atom stereocenters. The SMILES string of the molecule is CCn1c(SCC(=O)N2CCCN(Cc3ccccc3)CC2)nnc1-c1cccc(C)c1. The minimum atomic E-state index is 0.180. The van der Waals surface area contributed by atoms with E-state index in [0.29, 0.717) is 5.75 Å². The Morgan fingerprint density at radius 2 is 1.84 bits per heavy atom. The van der Waals surface area contributed by atoms with E-state index in [2.05, 4.69) is 76.0 Å². The molecule has 168 valence electrons. The van der Waals surface area contributed by atoms with Crippen molar-refractivity contribution in [1.29, 1.82) is 0 Å². The lowest BCUT2D eigenvalue weighted by molar-refractivity contribution is -0.128. The molecule has 3 aromatic rings. The Morgan fingerprint density at radius 1 is 1.00 bits per heavy atom. The molecule has 0 N–H and O–H groups in total. The number of hydrogen-bond acceptors (Lipinski definition) is 5. The van der Waals surface area contributed by atoms with Crippen LogP contribution in [-0.2, 0) is 17.9 Å².